The van der Waals surface area contributed by atoms with E-state index in [9.17, 15) is 30.4 Å². The lowest BCUT2D eigenvalue weighted by atomic mass is 10.4. The maximum atomic E-state index is 12.8. The Morgan fingerprint density at radius 3 is 1.72 bits per heavy atom. The fraction of sp³-hybridized carbons (Fsp3) is 0.250. The topological polar surface area (TPSA) is 34.1 Å². The Morgan fingerprint density at radius 2 is 1.39 bits per heavy atom. The minimum Gasteiger partial charge on any atom is -0.217 e. The molecular formula is C8H2Cl2F5O2S. The smallest absolute Gasteiger partial charge is 0.217 e. The highest BCUT2D eigenvalue weighted by molar-refractivity contribution is 7.92. The Morgan fingerprint density at radius 1 is 1.00 bits per heavy atom. The Labute approximate surface area is 108 Å². The normalized spacial score (nSPS) is 13.7. The largest absolute Gasteiger partial charge is 0.469 e. The van der Waals surface area contributed by atoms with Crippen LogP contribution in [0.3, 0.4) is 0 Å². The summed E-state index contributed by atoms with van der Waals surface area (Å²) in [6.45, 7) is 0. The lowest BCUT2D eigenvalue weighted by molar-refractivity contribution is -0.241. The molecule has 1 aromatic rings. The van der Waals surface area contributed by atoms with E-state index in [0.29, 0.717) is 12.1 Å². The van der Waals surface area contributed by atoms with Gasteiger partial charge in [0.25, 0.3) is 9.84 Å². The van der Waals surface area contributed by atoms with Gasteiger partial charge in [-0.2, -0.15) is 22.0 Å². The lowest BCUT2D eigenvalue weighted by Crippen LogP contribution is -2.43. The highest BCUT2D eigenvalue weighted by Crippen LogP contribution is 2.43. The molecule has 0 atom stereocenters. The van der Waals surface area contributed by atoms with Gasteiger partial charge in [-0.15, -0.1) is 0 Å². The molecule has 0 heterocycles. The summed E-state index contributed by atoms with van der Waals surface area (Å²) in [6, 6.07) is 2.92. The van der Waals surface area contributed by atoms with Gasteiger partial charge >= 0.3 is 11.4 Å². The monoisotopic (exact) mass is 327 g/mol. The SMILES string of the molecule is O=S(=O)(c1cc(Cl)[c]c(Cl)c1)C(F)(F)C(F)(F)F. The van der Waals surface area contributed by atoms with Gasteiger partial charge in [-0.25, -0.2) is 8.42 Å². The second kappa shape index (κ2) is 4.50. The van der Waals surface area contributed by atoms with Crippen LogP contribution in [-0.4, -0.2) is 19.8 Å². The van der Waals surface area contributed by atoms with Crippen molar-refractivity contribution in [3.8, 4) is 0 Å². The number of benzene rings is 1. The number of hydrogen-bond acceptors (Lipinski definition) is 2. The van der Waals surface area contributed by atoms with Crippen LogP contribution in [0.4, 0.5) is 22.0 Å². The van der Waals surface area contributed by atoms with Crippen molar-refractivity contribution < 1.29 is 30.4 Å². The van der Waals surface area contributed by atoms with E-state index < -0.39 is 36.2 Å². The third kappa shape index (κ3) is 2.55. The molecule has 0 amide bonds. The molecule has 2 nitrogen and oxygen atoms in total. The maximum Gasteiger partial charge on any atom is 0.469 e. The van der Waals surface area contributed by atoms with E-state index in [1.54, 1.807) is 0 Å². The van der Waals surface area contributed by atoms with Crippen LogP contribution >= 0.6 is 23.2 Å². The van der Waals surface area contributed by atoms with Crippen LogP contribution in [0.5, 0.6) is 0 Å². The summed E-state index contributed by atoms with van der Waals surface area (Å²) in [6.07, 6.45) is -6.25. The van der Waals surface area contributed by atoms with Crippen LogP contribution < -0.4 is 0 Å². The number of alkyl halides is 5. The number of sulfone groups is 1. The summed E-state index contributed by atoms with van der Waals surface area (Å²) in [5.74, 6) is 0. The predicted octanol–water partition coefficient (Wildman–Crippen LogP) is 3.72. The molecule has 0 aromatic heterocycles. The third-order valence-corrected chi connectivity index (χ3v) is 3.92. The molecule has 0 aliphatic rings. The minimum absolute atomic E-state index is 0.405. The average Bonchev–Trinajstić information content (AvgIpc) is 2.13. The van der Waals surface area contributed by atoms with Crippen LogP contribution in [0.25, 0.3) is 0 Å². The van der Waals surface area contributed by atoms with Crippen molar-refractivity contribution in [1.29, 1.82) is 0 Å². The van der Waals surface area contributed by atoms with E-state index in [0.717, 1.165) is 0 Å². The van der Waals surface area contributed by atoms with Crippen LogP contribution in [-0.2, 0) is 9.84 Å². The molecule has 1 rings (SSSR count). The Balaban J connectivity index is 3.48. The highest BCUT2D eigenvalue weighted by atomic mass is 35.5. The molecule has 0 saturated carbocycles. The molecular weight excluding hydrogens is 326 g/mol. The van der Waals surface area contributed by atoms with Gasteiger partial charge in [-0.3, -0.25) is 0 Å². The molecule has 0 fully saturated rings. The number of hydrogen-bond donors (Lipinski definition) is 0. The van der Waals surface area contributed by atoms with Crippen molar-refractivity contribution in [2.75, 3.05) is 0 Å². The maximum absolute atomic E-state index is 12.8. The van der Waals surface area contributed by atoms with Crippen molar-refractivity contribution in [3.63, 3.8) is 0 Å². The van der Waals surface area contributed by atoms with Gasteiger partial charge in [0.1, 0.15) is 0 Å². The van der Waals surface area contributed by atoms with Gasteiger partial charge in [-0.1, -0.05) is 23.2 Å². The molecule has 0 aliphatic carbocycles. The summed E-state index contributed by atoms with van der Waals surface area (Å²) in [5, 5.41) is -6.94. The molecule has 0 saturated heterocycles. The van der Waals surface area contributed by atoms with Crippen LogP contribution in [0.2, 0.25) is 10.0 Å². The zero-order valence-corrected chi connectivity index (χ0v) is 10.4. The lowest BCUT2D eigenvalue weighted by Gasteiger charge is -2.19. The first-order chi connectivity index (χ1) is 7.89. The first-order valence-corrected chi connectivity index (χ1v) is 6.21. The second-order valence-electron chi connectivity index (χ2n) is 3.03. The third-order valence-electron chi connectivity index (χ3n) is 1.75. The molecule has 0 aliphatic heterocycles. The van der Waals surface area contributed by atoms with Gasteiger partial charge in [0.05, 0.1) is 14.9 Å². The van der Waals surface area contributed by atoms with E-state index in [-0.39, 0.29) is 0 Å². The van der Waals surface area contributed by atoms with E-state index in [1.807, 2.05) is 0 Å². The van der Waals surface area contributed by atoms with E-state index in [2.05, 4.69) is 6.07 Å². The van der Waals surface area contributed by atoms with Gasteiger partial charge in [0, 0.05) is 6.07 Å². The molecule has 0 unspecified atom stereocenters. The second-order valence-corrected chi connectivity index (χ2v) is 5.84. The van der Waals surface area contributed by atoms with Gasteiger partial charge in [0.15, 0.2) is 0 Å². The summed E-state index contributed by atoms with van der Waals surface area (Å²) < 4.78 is 84.1. The van der Waals surface area contributed by atoms with Crippen LogP contribution in [0.15, 0.2) is 17.0 Å². The Kier molecular flexibility index (Phi) is 3.86. The minimum atomic E-state index is -6.25. The van der Waals surface area contributed by atoms with E-state index in [4.69, 9.17) is 23.2 Å². The predicted molar refractivity (Wildman–Crippen MR) is 53.5 cm³/mol. The van der Waals surface area contributed by atoms with Crippen LogP contribution in [0.1, 0.15) is 0 Å². The molecule has 0 spiro atoms. The number of rotatable bonds is 2. The van der Waals surface area contributed by atoms with Gasteiger partial charge < -0.3 is 0 Å². The Bertz CT molecular complexity index is 547. The fourth-order valence-corrected chi connectivity index (χ4v) is 2.70. The molecule has 0 N–H and O–H groups in total. The van der Waals surface area contributed by atoms with Crippen molar-refractivity contribution in [1.82, 2.24) is 0 Å². The summed E-state index contributed by atoms with van der Waals surface area (Å²) in [5.41, 5.74) is 0. The molecule has 1 aromatic carbocycles. The van der Waals surface area contributed by atoms with Crippen molar-refractivity contribution >= 4 is 33.0 Å². The van der Waals surface area contributed by atoms with Gasteiger partial charge in [0.2, 0.25) is 0 Å². The zero-order chi connectivity index (χ0) is 14.4. The van der Waals surface area contributed by atoms with Crippen molar-refractivity contribution in [2.24, 2.45) is 0 Å². The van der Waals surface area contributed by atoms with E-state index in [1.165, 1.54) is 0 Å². The first-order valence-electron chi connectivity index (χ1n) is 3.97. The molecule has 10 heteroatoms. The standard InChI is InChI=1S/C8H2Cl2F5O2S/c9-4-1-5(10)3-6(2-4)18(16,17)8(14,15)7(11,12)13/h2-3H. The summed E-state index contributed by atoms with van der Waals surface area (Å²) in [4.78, 5) is -1.33. The molecule has 101 valence electrons. The zero-order valence-electron chi connectivity index (χ0n) is 8.03. The highest BCUT2D eigenvalue weighted by Gasteiger charge is 2.67. The van der Waals surface area contributed by atoms with Gasteiger partial charge in [-0.05, 0) is 12.1 Å². The fourth-order valence-electron chi connectivity index (χ4n) is 0.933. The molecule has 18 heavy (non-hydrogen) atoms. The van der Waals surface area contributed by atoms with Crippen molar-refractivity contribution in [3.05, 3.63) is 28.2 Å². The first kappa shape index (κ1) is 15.5. The average molecular weight is 328 g/mol. The summed E-state index contributed by atoms with van der Waals surface area (Å²) >= 11 is 10.6. The number of halogens is 7. The Hall–Kier alpha value is -0.600. The van der Waals surface area contributed by atoms with Crippen LogP contribution in [0, 0.1) is 6.07 Å². The quantitative estimate of drug-likeness (QED) is 0.776. The molecule has 0 bridgehead atoms. The van der Waals surface area contributed by atoms with E-state index >= 15 is 0 Å². The summed E-state index contributed by atoms with van der Waals surface area (Å²) in [7, 11) is -5.99. The van der Waals surface area contributed by atoms with Crippen molar-refractivity contribution in [2.45, 2.75) is 16.3 Å². The molecule has 1 radical (unpaired) electrons.